The number of hydrogen-bond acceptors (Lipinski definition) is 3. The molecule has 1 heterocycles. The van der Waals surface area contributed by atoms with Crippen LogP contribution in [0.2, 0.25) is 0 Å². The standard InChI is InChI=1S/C17H23NO3/c1-12-6-7-14-13(8-12)9-15(21-14)16(19)20-11-17(2,3)10-18(4)5/h6-9H,10-11H2,1-5H3/p+1. The van der Waals surface area contributed by atoms with Gasteiger partial charge in [-0.25, -0.2) is 4.79 Å². The summed E-state index contributed by atoms with van der Waals surface area (Å²) in [5, 5.41) is 0.930. The summed E-state index contributed by atoms with van der Waals surface area (Å²) >= 11 is 0. The molecule has 0 unspecified atom stereocenters. The second-order valence-corrected chi connectivity index (χ2v) is 6.78. The van der Waals surface area contributed by atoms with Crippen molar-refractivity contribution in [3.63, 3.8) is 0 Å². The Morgan fingerprint density at radius 3 is 2.67 bits per heavy atom. The summed E-state index contributed by atoms with van der Waals surface area (Å²) in [4.78, 5) is 13.4. The third kappa shape index (κ3) is 4.08. The molecule has 1 aromatic carbocycles. The Hall–Kier alpha value is -1.81. The van der Waals surface area contributed by atoms with Gasteiger partial charge in [-0.05, 0) is 25.1 Å². The van der Waals surface area contributed by atoms with Gasteiger partial charge in [0.05, 0.1) is 20.6 Å². The fourth-order valence-electron chi connectivity index (χ4n) is 2.60. The van der Waals surface area contributed by atoms with Gasteiger partial charge in [0.2, 0.25) is 5.76 Å². The van der Waals surface area contributed by atoms with Crippen LogP contribution < -0.4 is 4.90 Å². The molecular weight excluding hydrogens is 266 g/mol. The summed E-state index contributed by atoms with van der Waals surface area (Å²) < 4.78 is 11.0. The molecule has 1 aromatic heterocycles. The molecule has 2 aromatic rings. The second-order valence-electron chi connectivity index (χ2n) is 6.78. The predicted octanol–water partition coefficient (Wildman–Crippen LogP) is 2.07. The molecule has 114 valence electrons. The normalized spacial score (nSPS) is 12.1. The van der Waals surface area contributed by atoms with Crippen LogP contribution in [0.1, 0.15) is 30.0 Å². The highest BCUT2D eigenvalue weighted by atomic mass is 16.5. The first-order chi connectivity index (χ1) is 9.77. The molecule has 0 aliphatic carbocycles. The van der Waals surface area contributed by atoms with Crippen molar-refractivity contribution in [2.24, 2.45) is 5.41 Å². The van der Waals surface area contributed by atoms with Crippen molar-refractivity contribution in [1.29, 1.82) is 0 Å². The van der Waals surface area contributed by atoms with E-state index in [1.165, 1.54) is 4.90 Å². The molecule has 0 amide bonds. The number of furan rings is 1. The molecule has 0 saturated carbocycles. The van der Waals surface area contributed by atoms with Gasteiger partial charge in [-0.15, -0.1) is 0 Å². The molecule has 0 spiro atoms. The monoisotopic (exact) mass is 290 g/mol. The number of hydrogen-bond donors (Lipinski definition) is 1. The summed E-state index contributed by atoms with van der Waals surface area (Å²) in [6.45, 7) is 7.51. The first-order valence-corrected chi connectivity index (χ1v) is 7.23. The third-order valence-corrected chi connectivity index (χ3v) is 3.30. The molecule has 0 saturated heterocycles. The van der Waals surface area contributed by atoms with Crippen molar-refractivity contribution < 1.29 is 18.8 Å². The maximum atomic E-state index is 12.1. The van der Waals surface area contributed by atoms with E-state index in [1.54, 1.807) is 6.07 Å². The fourth-order valence-corrected chi connectivity index (χ4v) is 2.60. The quantitative estimate of drug-likeness (QED) is 0.857. The lowest BCUT2D eigenvalue weighted by Gasteiger charge is -2.24. The number of carbonyl (C=O) groups is 1. The van der Waals surface area contributed by atoms with Crippen LogP contribution in [-0.4, -0.2) is 33.2 Å². The Kier molecular flexibility index (Phi) is 4.37. The molecule has 4 heteroatoms. The molecule has 0 bridgehead atoms. The Morgan fingerprint density at radius 1 is 1.29 bits per heavy atom. The number of esters is 1. The first-order valence-electron chi connectivity index (χ1n) is 7.23. The number of nitrogens with one attached hydrogen (secondary N) is 1. The van der Waals surface area contributed by atoms with Crippen LogP contribution in [0.25, 0.3) is 11.0 Å². The molecule has 21 heavy (non-hydrogen) atoms. The van der Waals surface area contributed by atoms with Crippen LogP contribution >= 0.6 is 0 Å². The van der Waals surface area contributed by atoms with Gasteiger partial charge in [0.25, 0.3) is 0 Å². The zero-order chi connectivity index (χ0) is 15.6. The van der Waals surface area contributed by atoms with Gasteiger partial charge in [0.15, 0.2) is 0 Å². The van der Waals surface area contributed by atoms with Crippen molar-refractivity contribution in [3.8, 4) is 0 Å². The predicted molar refractivity (Wildman–Crippen MR) is 82.7 cm³/mol. The minimum absolute atomic E-state index is 0.0584. The summed E-state index contributed by atoms with van der Waals surface area (Å²) in [6.07, 6.45) is 0. The van der Waals surface area contributed by atoms with Crippen LogP contribution in [0.15, 0.2) is 28.7 Å². The number of aryl methyl sites for hydroxylation is 1. The molecule has 4 nitrogen and oxygen atoms in total. The van der Waals surface area contributed by atoms with Crippen molar-refractivity contribution in [2.75, 3.05) is 27.2 Å². The zero-order valence-corrected chi connectivity index (χ0v) is 13.4. The van der Waals surface area contributed by atoms with E-state index in [0.29, 0.717) is 12.2 Å². The Balaban J connectivity index is 2.05. The lowest BCUT2D eigenvalue weighted by Crippen LogP contribution is -3.07. The molecular formula is C17H24NO3+. The summed E-state index contributed by atoms with van der Waals surface area (Å²) in [5.41, 5.74) is 1.79. The van der Waals surface area contributed by atoms with E-state index in [1.807, 2.05) is 25.1 Å². The minimum Gasteiger partial charge on any atom is -0.459 e. The van der Waals surface area contributed by atoms with Gasteiger partial charge in [-0.2, -0.15) is 0 Å². The van der Waals surface area contributed by atoms with E-state index in [2.05, 4.69) is 27.9 Å². The van der Waals surface area contributed by atoms with E-state index >= 15 is 0 Å². The van der Waals surface area contributed by atoms with Gasteiger partial charge in [-0.3, -0.25) is 0 Å². The fraction of sp³-hybridized carbons (Fsp3) is 0.471. The lowest BCUT2D eigenvalue weighted by atomic mass is 9.94. The summed E-state index contributed by atoms with van der Waals surface area (Å²) in [7, 11) is 4.18. The third-order valence-electron chi connectivity index (χ3n) is 3.30. The molecule has 1 N–H and O–H groups in total. The van der Waals surface area contributed by atoms with E-state index in [-0.39, 0.29) is 11.2 Å². The number of quaternary nitrogens is 1. The van der Waals surface area contributed by atoms with Crippen LogP contribution in [0, 0.1) is 12.3 Å². The van der Waals surface area contributed by atoms with Crippen molar-refractivity contribution in [1.82, 2.24) is 0 Å². The number of rotatable bonds is 5. The van der Waals surface area contributed by atoms with Crippen LogP contribution in [0.4, 0.5) is 0 Å². The SMILES string of the molecule is Cc1ccc2oc(C(=O)OCC(C)(C)C[NH+](C)C)cc2c1. The molecule has 0 fully saturated rings. The Bertz CT molecular complexity index is 641. The van der Waals surface area contributed by atoms with Gasteiger partial charge in [0, 0.05) is 10.8 Å². The van der Waals surface area contributed by atoms with Crippen LogP contribution in [0.3, 0.4) is 0 Å². The van der Waals surface area contributed by atoms with E-state index in [9.17, 15) is 4.79 Å². The van der Waals surface area contributed by atoms with E-state index < -0.39 is 5.97 Å². The van der Waals surface area contributed by atoms with Crippen molar-refractivity contribution >= 4 is 16.9 Å². The van der Waals surface area contributed by atoms with Gasteiger partial charge in [-0.1, -0.05) is 25.5 Å². The minimum atomic E-state index is -0.398. The highest BCUT2D eigenvalue weighted by molar-refractivity contribution is 5.92. The lowest BCUT2D eigenvalue weighted by molar-refractivity contribution is -0.865. The van der Waals surface area contributed by atoms with Gasteiger partial charge < -0.3 is 14.1 Å². The number of fused-ring (bicyclic) bond motifs is 1. The van der Waals surface area contributed by atoms with Gasteiger partial charge in [0.1, 0.15) is 12.2 Å². The maximum Gasteiger partial charge on any atom is 0.374 e. The summed E-state index contributed by atoms with van der Waals surface area (Å²) in [5.74, 6) is -0.130. The molecule has 0 aliphatic rings. The van der Waals surface area contributed by atoms with E-state index in [0.717, 1.165) is 17.5 Å². The molecule has 2 rings (SSSR count). The average Bonchev–Trinajstić information content (AvgIpc) is 2.77. The van der Waals surface area contributed by atoms with Crippen LogP contribution in [-0.2, 0) is 4.74 Å². The first kappa shape index (κ1) is 15.6. The zero-order valence-electron chi connectivity index (χ0n) is 13.4. The summed E-state index contributed by atoms with van der Waals surface area (Å²) in [6, 6.07) is 7.58. The largest absolute Gasteiger partial charge is 0.459 e. The van der Waals surface area contributed by atoms with Crippen LogP contribution in [0.5, 0.6) is 0 Å². The highest BCUT2D eigenvalue weighted by Crippen LogP contribution is 2.22. The Morgan fingerprint density at radius 2 is 2.00 bits per heavy atom. The average molecular weight is 290 g/mol. The van der Waals surface area contributed by atoms with Crippen molar-refractivity contribution in [2.45, 2.75) is 20.8 Å². The molecule has 0 atom stereocenters. The smallest absolute Gasteiger partial charge is 0.374 e. The topological polar surface area (TPSA) is 43.9 Å². The molecule has 0 aliphatic heterocycles. The van der Waals surface area contributed by atoms with Crippen molar-refractivity contribution in [3.05, 3.63) is 35.6 Å². The highest BCUT2D eigenvalue weighted by Gasteiger charge is 2.25. The number of ether oxygens (including phenoxy) is 1. The number of benzene rings is 1. The van der Waals surface area contributed by atoms with Gasteiger partial charge >= 0.3 is 5.97 Å². The number of carbonyl (C=O) groups excluding carboxylic acids is 1. The second kappa shape index (κ2) is 5.90. The van der Waals surface area contributed by atoms with E-state index in [4.69, 9.17) is 9.15 Å². The maximum absolute atomic E-state index is 12.1. The Labute approximate surface area is 125 Å². The molecule has 0 radical (unpaired) electrons.